The summed E-state index contributed by atoms with van der Waals surface area (Å²) >= 11 is 6.86. The molecule has 2 aliphatic rings. The second-order valence-corrected chi connectivity index (χ2v) is 10.5. The fraction of sp³-hybridized carbons (Fsp3) is 0.647. The maximum atomic E-state index is 13.2. The fourth-order valence-corrected chi connectivity index (χ4v) is 5.77. The third-order valence-corrected chi connectivity index (χ3v) is 7.14. The summed E-state index contributed by atoms with van der Waals surface area (Å²) in [5.74, 6) is -0.345. The third kappa shape index (κ3) is 4.04. The minimum atomic E-state index is -3.86. The predicted octanol–water partition coefficient (Wildman–Crippen LogP) is 1.76. The average molecular weight is 475 g/mol. The Hall–Kier alpha value is -1.82. The molecule has 0 aromatic carbocycles. The zero-order chi connectivity index (χ0) is 22.6. The zero-order valence-electron chi connectivity index (χ0n) is 17.4. The second kappa shape index (κ2) is 7.95. The Labute approximate surface area is 183 Å². The molecular weight excluding hydrogens is 451 g/mol. The van der Waals surface area contributed by atoms with Crippen LogP contribution in [0, 0.1) is 0 Å². The van der Waals surface area contributed by atoms with Gasteiger partial charge in [-0.3, -0.25) is 18.4 Å². The molecule has 170 valence electrons. The van der Waals surface area contributed by atoms with Gasteiger partial charge < -0.3 is 15.2 Å². The topological polar surface area (TPSA) is 153 Å². The molecule has 4 rings (SSSR count). The first-order valence-corrected chi connectivity index (χ1v) is 11.6. The largest absolute Gasteiger partial charge is 0.462 e. The Morgan fingerprint density at radius 2 is 2.16 bits per heavy atom. The lowest BCUT2D eigenvalue weighted by Gasteiger charge is -2.36. The van der Waals surface area contributed by atoms with E-state index < -0.39 is 43.1 Å². The van der Waals surface area contributed by atoms with Crippen LogP contribution >= 0.6 is 19.3 Å². The Bertz CT molecular complexity index is 1050. The molecule has 2 aliphatic heterocycles. The van der Waals surface area contributed by atoms with Gasteiger partial charge in [-0.25, -0.2) is 24.6 Å². The van der Waals surface area contributed by atoms with E-state index in [-0.39, 0.29) is 18.5 Å². The number of nitrogens with zero attached hydrogens (tertiary/aromatic N) is 4. The summed E-state index contributed by atoms with van der Waals surface area (Å²) < 4.78 is 37.2. The molecule has 2 aromatic heterocycles. The standard InChI is InChI=1S/C17H24ClN6O6P/c1-8(2)28-15(25)9(3)23-31(26)27-5-10-12(30-31)17(4,18)16(29-10)24-7-22-11-13(19)20-6-21-14(11)24/h6-10,12,16H,5H2,1-4H3,(H,23,26)(H2,19,20,21)/t9-,10+,12+,16+,17+,31-/m0/s1. The number of anilines is 1. The van der Waals surface area contributed by atoms with Crippen molar-refractivity contribution in [3.05, 3.63) is 12.7 Å². The Kier molecular flexibility index (Phi) is 5.74. The molecule has 12 nitrogen and oxygen atoms in total. The highest BCUT2D eigenvalue weighted by Gasteiger charge is 2.60. The molecule has 31 heavy (non-hydrogen) atoms. The van der Waals surface area contributed by atoms with Crippen LogP contribution in [0.1, 0.15) is 33.9 Å². The molecular formula is C17H24ClN6O6P. The van der Waals surface area contributed by atoms with Gasteiger partial charge in [0.05, 0.1) is 19.0 Å². The summed E-state index contributed by atoms with van der Waals surface area (Å²) in [4.78, 5) is 23.3. The van der Waals surface area contributed by atoms with Crippen LogP contribution in [0.25, 0.3) is 11.2 Å². The number of aromatic nitrogens is 4. The molecule has 0 aliphatic carbocycles. The highest BCUT2D eigenvalue weighted by atomic mass is 35.5. The Morgan fingerprint density at radius 1 is 1.42 bits per heavy atom. The van der Waals surface area contributed by atoms with E-state index >= 15 is 0 Å². The fourth-order valence-electron chi connectivity index (χ4n) is 3.59. The molecule has 14 heteroatoms. The predicted molar refractivity (Wildman–Crippen MR) is 110 cm³/mol. The lowest BCUT2D eigenvalue weighted by Crippen LogP contribution is -2.47. The summed E-state index contributed by atoms with van der Waals surface area (Å²) in [6.07, 6.45) is 0.331. The number of rotatable bonds is 5. The number of hydrogen-bond acceptors (Lipinski definition) is 10. The summed E-state index contributed by atoms with van der Waals surface area (Å²) in [7, 11) is -3.86. The highest BCUT2D eigenvalue weighted by Crippen LogP contribution is 2.57. The van der Waals surface area contributed by atoms with E-state index in [4.69, 9.17) is 35.9 Å². The molecule has 2 fully saturated rings. The smallest absolute Gasteiger partial charge is 0.406 e. The van der Waals surface area contributed by atoms with Gasteiger partial charge >= 0.3 is 13.7 Å². The quantitative estimate of drug-likeness (QED) is 0.370. The van der Waals surface area contributed by atoms with Crippen molar-refractivity contribution in [1.29, 1.82) is 0 Å². The van der Waals surface area contributed by atoms with Crippen LogP contribution in [0.5, 0.6) is 0 Å². The lowest BCUT2D eigenvalue weighted by atomic mass is 10.0. The molecule has 2 aromatic rings. The van der Waals surface area contributed by atoms with E-state index in [1.807, 2.05) is 0 Å². The van der Waals surface area contributed by atoms with Gasteiger partial charge in [-0.2, -0.15) is 0 Å². The normalized spacial score (nSPS) is 34.1. The molecule has 0 spiro atoms. The number of nitrogens with two attached hydrogens (primary N) is 1. The lowest BCUT2D eigenvalue weighted by molar-refractivity contribution is -0.149. The van der Waals surface area contributed by atoms with Crippen molar-refractivity contribution < 1.29 is 27.9 Å². The van der Waals surface area contributed by atoms with E-state index in [1.165, 1.54) is 19.6 Å². The third-order valence-electron chi connectivity index (χ3n) is 5.04. The van der Waals surface area contributed by atoms with Crippen molar-refractivity contribution in [3.63, 3.8) is 0 Å². The summed E-state index contributed by atoms with van der Waals surface area (Å²) in [5.41, 5.74) is 6.71. The molecule has 0 unspecified atom stereocenters. The van der Waals surface area contributed by atoms with Gasteiger partial charge in [0.1, 0.15) is 35.0 Å². The van der Waals surface area contributed by atoms with Crippen LogP contribution in [-0.4, -0.2) is 61.3 Å². The minimum Gasteiger partial charge on any atom is -0.462 e. The van der Waals surface area contributed by atoms with Crippen molar-refractivity contribution in [1.82, 2.24) is 24.6 Å². The van der Waals surface area contributed by atoms with Crippen LogP contribution < -0.4 is 10.8 Å². The first-order chi connectivity index (χ1) is 14.5. The van der Waals surface area contributed by atoms with Crippen molar-refractivity contribution >= 4 is 42.3 Å². The number of carbonyl (C=O) groups excluding carboxylic acids is 1. The average Bonchev–Trinajstić information content (AvgIpc) is 3.21. The van der Waals surface area contributed by atoms with Crippen LogP contribution in [0.4, 0.5) is 5.82 Å². The molecule has 2 saturated heterocycles. The number of hydrogen-bond donors (Lipinski definition) is 2. The molecule has 6 atom stereocenters. The number of alkyl halides is 1. The number of halogens is 1. The minimum absolute atomic E-state index is 0.0521. The van der Waals surface area contributed by atoms with Gasteiger partial charge in [0.2, 0.25) is 0 Å². The summed E-state index contributed by atoms with van der Waals surface area (Å²) in [6.45, 7) is 6.60. The molecule has 0 bridgehead atoms. The molecule has 0 radical (unpaired) electrons. The highest BCUT2D eigenvalue weighted by molar-refractivity contribution is 7.51. The van der Waals surface area contributed by atoms with Gasteiger partial charge in [-0.15, -0.1) is 11.6 Å². The van der Waals surface area contributed by atoms with Crippen LogP contribution in [0.3, 0.4) is 0 Å². The molecule has 3 N–H and O–H groups in total. The van der Waals surface area contributed by atoms with Crippen LogP contribution in [-0.2, 0) is 27.9 Å². The van der Waals surface area contributed by atoms with Crippen molar-refractivity contribution in [3.8, 4) is 0 Å². The van der Waals surface area contributed by atoms with Crippen molar-refractivity contribution in [2.45, 2.75) is 63.2 Å². The van der Waals surface area contributed by atoms with Gasteiger partial charge in [-0.1, -0.05) is 0 Å². The first-order valence-electron chi connectivity index (χ1n) is 9.70. The SMILES string of the molecule is CC(C)OC(=O)[C@H](C)N[P@]1(=O)OC[C@H]2O[C@@H](n3cnc4c(N)ncnc43)[C@](C)(Cl)[C@@H]2O1. The number of fused-ring (bicyclic) bond motifs is 2. The Balaban J connectivity index is 1.55. The second-order valence-electron chi connectivity index (χ2n) is 7.92. The van der Waals surface area contributed by atoms with E-state index in [0.717, 1.165) is 0 Å². The number of nitrogens with one attached hydrogen (secondary N) is 1. The molecule has 4 heterocycles. The van der Waals surface area contributed by atoms with Gasteiger partial charge in [0.15, 0.2) is 17.7 Å². The van der Waals surface area contributed by atoms with Crippen LogP contribution in [0.2, 0.25) is 0 Å². The van der Waals surface area contributed by atoms with Crippen molar-refractivity contribution in [2.75, 3.05) is 12.3 Å². The number of nitrogen functional groups attached to an aromatic ring is 1. The van der Waals surface area contributed by atoms with Gasteiger partial charge in [-0.05, 0) is 27.7 Å². The van der Waals surface area contributed by atoms with Crippen LogP contribution in [0.15, 0.2) is 12.7 Å². The van der Waals surface area contributed by atoms with Gasteiger partial charge in [0, 0.05) is 0 Å². The first kappa shape index (κ1) is 22.4. The number of ether oxygens (including phenoxy) is 2. The molecule has 0 saturated carbocycles. The van der Waals surface area contributed by atoms with E-state index in [2.05, 4.69) is 20.0 Å². The van der Waals surface area contributed by atoms with E-state index in [0.29, 0.717) is 11.2 Å². The number of imidazole rings is 1. The number of esters is 1. The zero-order valence-corrected chi connectivity index (χ0v) is 19.0. The maximum Gasteiger partial charge on any atom is 0.406 e. The van der Waals surface area contributed by atoms with E-state index in [1.54, 1.807) is 25.3 Å². The monoisotopic (exact) mass is 474 g/mol. The van der Waals surface area contributed by atoms with Gasteiger partial charge in [0.25, 0.3) is 0 Å². The summed E-state index contributed by atoms with van der Waals surface area (Å²) in [6, 6.07) is -0.915. The van der Waals surface area contributed by atoms with Crippen molar-refractivity contribution in [2.24, 2.45) is 0 Å². The molecule has 0 amide bonds. The maximum absolute atomic E-state index is 13.2. The van der Waals surface area contributed by atoms with E-state index in [9.17, 15) is 9.36 Å². The summed E-state index contributed by atoms with van der Waals surface area (Å²) in [5, 5.41) is 2.60. The Morgan fingerprint density at radius 3 is 2.87 bits per heavy atom. The number of carbonyl (C=O) groups is 1.